The SMILES string of the molecule is CCN(CC)CCN(C)Cc1cccc(C(=O)Nc2ccc(N3CCCCC3)cc2C(=O)Cc2ccn(-c3cccc(C(F)(F)F)c3)n2)c1. The van der Waals surface area contributed by atoms with E-state index in [0.29, 0.717) is 29.1 Å². The van der Waals surface area contributed by atoms with E-state index in [4.69, 9.17) is 0 Å². The molecule has 260 valence electrons. The molecule has 0 spiro atoms. The third-order valence-electron chi connectivity index (χ3n) is 9.03. The summed E-state index contributed by atoms with van der Waals surface area (Å²) in [6, 6.07) is 19.6. The van der Waals surface area contributed by atoms with Crippen LogP contribution in [0.2, 0.25) is 0 Å². The number of nitrogens with zero attached hydrogens (tertiary/aromatic N) is 5. The van der Waals surface area contributed by atoms with Crippen LogP contribution in [0.25, 0.3) is 5.69 Å². The molecule has 49 heavy (non-hydrogen) atoms. The number of hydrogen-bond acceptors (Lipinski definition) is 6. The monoisotopic (exact) mass is 674 g/mol. The first-order valence-corrected chi connectivity index (χ1v) is 17.0. The van der Waals surface area contributed by atoms with Crippen LogP contribution in [0.15, 0.2) is 79.0 Å². The van der Waals surface area contributed by atoms with Crippen molar-refractivity contribution >= 4 is 23.1 Å². The van der Waals surface area contributed by atoms with Crippen molar-refractivity contribution in [3.05, 3.63) is 107 Å². The van der Waals surface area contributed by atoms with Gasteiger partial charge in [-0.1, -0.05) is 32.0 Å². The second-order valence-corrected chi connectivity index (χ2v) is 12.6. The third kappa shape index (κ3) is 9.57. The van der Waals surface area contributed by atoms with E-state index in [-0.39, 0.29) is 23.8 Å². The molecule has 3 aromatic carbocycles. The van der Waals surface area contributed by atoms with Gasteiger partial charge in [-0.25, -0.2) is 4.68 Å². The Labute approximate surface area is 286 Å². The number of carbonyl (C=O) groups is 2. The quantitative estimate of drug-likeness (QED) is 0.141. The highest BCUT2D eigenvalue weighted by Crippen LogP contribution is 2.31. The largest absolute Gasteiger partial charge is 0.416 e. The molecular weight excluding hydrogens is 629 g/mol. The number of rotatable bonds is 14. The van der Waals surface area contributed by atoms with Crippen molar-refractivity contribution in [1.29, 1.82) is 0 Å². The number of amides is 1. The second kappa shape index (κ2) is 16.3. The Bertz CT molecular complexity index is 1730. The van der Waals surface area contributed by atoms with Crippen molar-refractivity contribution in [1.82, 2.24) is 19.6 Å². The number of piperidine rings is 1. The van der Waals surface area contributed by atoms with Crippen LogP contribution < -0.4 is 10.2 Å². The summed E-state index contributed by atoms with van der Waals surface area (Å²) in [4.78, 5) is 34.3. The van der Waals surface area contributed by atoms with Crippen molar-refractivity contribution in [2.75, 3.05) is 56.5 Å². The van der Waals surface area contributed by atoms with Gasteiger partial charge in [-0.3, -0.25) is 9.59 Å². The number of Topliss-reactive ketones (excluding diaryl/α,β-unsaturated/α-hetero) is 1. The number of ketones is 1. The lowest BCUT2D eigenvalue weighted by Gasteiger charge is -2.29. The van der Waals surface area contributed by atoms with E-state index in [2.05, 4.69) is 46.0 Å². The number of halogens is 3. The Morgan fingerprint density at radius 1 is 0.878 bits per heavy atom. The van der Waals surface area contributed by atoms with Gasteiger partial charge in [-0.2, -0.15) is 18.3 Å². The molecule has 0 atom stereocenters. The molecule has 1 aliphatic rings. The van der Waals surface area contributed by atoms with Crippen LogP contribution in [0.1, 0.15) is 70.6 Å². The summed E-state index contributed by atoms with van der Waals surface area (Å²) < 4.78 is 41.2. The fourth-order valence-electron chi connectivity index (χ4n) is 6.15. The van der Waals surface area contributed by atoms with E-state index >= 15 is 0 Å². The Balaban J connectivity index is 1.34. The van der Waals surface area contributed by atoms with Crippen LogP contribution in [0.4, 0.5) is 24.5 Å². The number of anilines is 2. The predicted octanol–water partition coefficient (Wildman–Crippen LogP) is 7.33. The molecule has 0 unspecified atom stereocenters. The topological polar surface area (TPSA) is 73.7 Å². The summed E-state index contributed by atoms with van der Waals surface area (Å²) in [6.07, 6.45) is 0.263. The van der Waals surface area contributed by atoms with Gasteiger partial charge in [0.25, 0.3) is 5.91 Å². The number of nitrogens with one attached hydrogen (secondary N) is 1. The lowest BCUT2D eigenvalue weighted by atomic mass is 10.0. The van der Waals surface area contributed by atoms with E-state index < -0.39 is 11.7 Å². The zero-order valence-corrected chi connectivity index (χ0v) is 28.5. The number of likely N-dealkylation sites (N-methyl/N-ethyl adjacent to an activating group) is 2. The molecule has 5 rings (SSSR count). The molecule has 8 nitrogen and oxygen atoms in total. The summed E-state index contributed by atoms with van der Waals surface area (Å²) in [5.41, 5.74) is 3.04. The molecule has 1 amide bonds. The summed E-state index contributed by atoms with van der Waals surface area (Å²) in [5, 5.41) is 7.39. The molecule has 4 aromatic rings. The van der Waals surface area contributed by atoms with Crippen LogP contribution in [0.3, 0.4) is 0 Å². The molecular formula is C38H45F3N6O2. The van der Waals surface area contributed by atoms with Gasteiger partial charge in [0.1, 0.15) is 0 Å². The van der Waals surface area contributed by atoms with Crippen molar-refractivity contribution in [2.45, 2.75) is 52.3 Å². The first-order chi connectivity index (χ1) is 23.5. The molecule has 1 aliphatic heterocycles. The summed E-state index contributed by atoms with van der Waals surface area (Å²) in [5.74, 6) is -0.576. The predicted molar refractivity (Wildman–Crippen MR) is 188 cm³/mol. The fraction of sp³-hybridized carbons (Fsp3) is 0.395. The van der Waals surface area contributed by atoms with Gasteiger partial charge in [0, 0.05) is 55.7 Å². The molecule has 1 aromatic heterocycles. The maximum absolute atomic E-state index is 13.9. The number of benzene rings is 3. The molecule has 1 fully saturated rings. The fourth-order valence-corrected chi connectivity index (χ4v) is 6.15. The molecule has 2 heterocycles. The highest BCUT2D eigenvalue weighted by atomic mass is 19.4. The van der Waals surface area contributed by atoms with Crippen LogP contribution in [0, 0.1) is 0 Å². The minimum Gasteiger partial charge on any atom is -0.372 e. The molecule has 0 aliphatic carbocycles. The maximum Gasteiger partial charge on any atom is 0.416 e. The minimum atomic E-state index is -4.48. The van der Waals surface area contributed by atoms with Crippen LogP contribution in [0.5, 0.6) is 0 Å². The van der Waals surface area contributed by atoms with Gasteiger partial charge >= 0.3 is 6.18 Å². The molecule has 11 heteroatoms. The summed E-state index contributed by atoms with van der Waals surface area (Å²) >= 11 is 0. The molecule has 1 saturated heterocycles. The van der Waals surface area contributed by atoms with Gasteiger partial charge in [-0.15, -0.1) is 0 Å². The van der Waals surface area contributed by atoms with Crippen LogP contribution in [-0.4, -0.2) is 77.6 Å². The number of hydrogen-bond donors (Lipinski definition) is 1. The molecule has 0 radical (unpaired) electrons. The Kier molecular flexibility index (Phi) is 11.9. The normalized spacial score (nSPS) is 13.7. The second-order valence-electron chi connectivity index (χ2n) is 12.6. The molecule has 0 bridgehead atoms. The lowest BCUT2D eigenvalue weighted by molar-refractivity contribution is -0.137. The van der Waals surface area contributed by atoms with Gasteiger partial charge in [0.15, 0.2) is 5.78 Å². The standard InChI is InChI=1S/C38H45F3N6O2/c1-4-45(5-2)22-21-44(3)27-28-11-9-12-29(23-28)37(49)42-35-16-15-32(46-18-7-6-8-19-46)26-34(35)36(48)25-31-17-20-47(43-31)33-14-10-13-30(24-33)38(39,40)41/h9-17,20,23-24,26H,4-8,18-19,21-22,25,27H2,1-3H3,(H,42,49). The zero-order valence-electron chi connectivity index (χ0n) is 28.5. The van der Waals surface area contributed by atoms with E-state index in [9.17, 15) is 22.8 Å². The van der Waals surface area contributed by atoms with E-state index in [0.717, 1.165) is 81.9 Å². The number of carbonyl (C=O) groups excluding carboxylic acids is 2. The minimum absolute atomic E-state index is 0.0897. The van der Waals surface area contributed by atoms with E-state index in [1.54, 1.807) is 24.4 Å². The summed E-state index contributed by atoms with van der Waals surface area (Å²) in [6.45, 7) is 10.7. The van der Waals surface area contributed by atoms with Crippen LogP contribution in [-0.2, 0) is 19.1 Å². The lowest BCUT2D eigenvalue weighted by Crippen LogP contribution is -2.32. The highest BCUT2D eigenvalue weighted by Gasteiger charge is 2.30. The Morgan fingerprint density at radius 3 is 2.37 bits per heavy atom. The van der Waals surface area contributed by atoms with Crippen molar-refractivity contribution < 1.29 is 22.8 Å². The number of aromatic nitrogens is 2. The van der Waals surface area contributed by atoms with Gasteiger partial charge in [-0.05, 0) is 99.6 Å². The maximum atomic E-state index is 13.9. The molecule has 0 saturated carbocycles. The average Bonchev–Trinajstić information content (AvgIpc) is 3.57. The first-order valence-electron chi connectivity index (χ1n) is 17.0. The van der Waals surface area contributed by atoms with E-state index in [1.165, 1.54) is 16.8 Å². The molecule has 1 N–H and O–H groups in total. The van der Waals surface area contributed by atoms with Gasteiger partial charge in [0.05, 0.1) is 29.1 Å². The number of alkyl halides is 3. The third-order valence-corrected chi connectivity index (χ3v) is 9.03. The van der Waals surface area contributed by atoms with Crippen LogP contribution >= 0.6 is 0 Å². The van der Waals surface area contributed by atoms with Crippen molar-refractivity contribution in [2.24, 2.45) is 0 Å². The van der Waals surface area contributed by atoms with Crippen molar-refractivity contribution in [3.8, 4) is 5.69 Å². The van der Waals surface area contributed by atoms with Crippen molar-refractivity contribution in [3.63, 3.8) is 0 Å². The highest BCUT2D eigenvalue weighted by molar-refractivity contribution is 6.10. The van der Waals surface area contributed by atoms with Gasteiger partial charge in [0.2, 0.25) is 0 Å². The zero-order chi connectivity index (χ0) is 35.0. The average molecular weight is 675 g/mol. The summed E-state index contributed by atoms with van der Waals surface area (Å²) in [7, 11) is 2.07. The Hall–Kier alpha value is -4.48. The first kappa shape index (κ1) is 35.8. The Morgan fingerprint density at radius 2 is 1.63 bits per heavy atom. The smallest absolute Gasteiger partial charge is 0.372 e. The van der Waals surface area contributed by atoms with E-state index in [1.807, 2.05) is 30.3 Å². The van der Waals surface area contributed by atoms with Gasteiger partial charge < -0.3 is 20.0 Å².